The Morgan fingerprint density at radius 1 is 1.07 bits per heavy atom. The minimum absolute atomic E-state index is 0.0409. The molecule has 0 spiro atoms. The van der Waals surface area contributed by atoms with Crippen LogP contribution in [0.4, 0.5) is 18.9 Å². The van der Waals surface area contributed by atoms with Gasteiger partial charge in [-0.2, -0.15) is 0 Å². The van der Waals surface area contributed by atoms with Gasteiger partial charge in [0.05, 0.1) is 12.2 Å². The van der Waals surface area contributed by atoms with E-state index in [9.17, 15) is 22.8 Å². The summed E-state index contributed by atoms with van der Waals surface area (Å²) in [7, 11) is 0. The molecule has 0 radical (unpaired) electrons. The molecular weight excluding hydrogens is 383 g/mol. The van der Waals surface area contributed by atoms with E-state index >= 15 is 0 Å². The van der Waals surface area contributed by atoms with Gasteiger partial charge in [-0.25, -0.2) is 13.2 Å². The maximum Gasteiger partial charge on any atom is 0.275 e. The maximum atomic E-state index is 13.5. The van der Waals surface area contributed by atoms with E-state index in [1.807, 2.05) is 19.1 Å². The second kappa shape index (κ2) is 9.38. The van der Waals surface area contributed by atoms with Crippen LogP contribution in [-0.4, -0.2) is 24.9 Å². The molecule has 0 aliphatic heterocycles. The van der Waals surface area contributed by atoms with E-state index in [-0.39, 0.29) is 12.6 Å². The lowest BCUT2D eigenvalue weighted by atomic mass is 10.1. The zero-order chi connectivity index (χ0) is 20.0. The summed E-state index contributed by atoms with van der Waals surface area (Å²) in [4.78, 5) is 23.6. The second-order valence-corrected chi connectivity index (χ2v) is 6.21. The number of nitrogens with two attached hydrogens (primary N) is 1. The average Bonchev–Trinajstić information content (AvgIpc) is 2.65. The molecule has 0 aromatic heterocycles. The van der Waals surface area contributed by atoms with Crippen molar-refractivity contribution < 1.29 is 28.1 Å². The van der Waals surface area contributed by atoms with Crippen LogP contribution < -0.4 is 16.0 Å². The van der Waals surface area contributed by atoms with E-state index in [0.29, 0.717) is 11.1 Å². The summed E-state index contributed by atoms with van der Waals surface area (Å²) in [5.74, 6) is -5.74. The normalized spacial score (nSPS) is 11.7. The maximum absolute atomic E-state index is 13.5. The molecule has 0 unspecified atom stereocenters. The predicted molar refractivity (Wildman–Crippen MR) is 94.6 cm³/mol. The highest BCUT2D eigenvalue weighted by molar-refractivity contribution is 6.31. The van der Waals surface area contributed by atoms with Crippen LogP contribution in [-0.2, 0) is 9.59 Å². The molecule has 5 nitrogen and oxygen atoms in total. The number of anilines is 1. The van der Waals surface area contributed by atoms with Gasteiger partial charge in [0.2, 0.25) is 5.91 Å². The topological polar surface area (TPSA) is 74.8 Å². The molecule has 2 aromatic carbocycles. The first kappa shape index (κ1) is 20.7. The molecule has 144 valence electrons. The minimum Gasteiger partial charge on any atom is -0.342 e. The highest BCUT2D eigenvalue weighted by Gasteiger charge is 2.17. The Balaban J connectivity index is 1.79. The Labute approximate surface area is 158 Å². The van der Waals surface area contributed by atoms with Gasteiger partial charge in [-0.3, -0.25) is 9.59 Å². The summed E-state index contributed by atoms with van der Waals surface area (Å²) in [5.41, 5.74) is 0.366. The van der Waals surface area contributed by atoms with Crippen molar-refractivity contribution in [3.63, 3.8) is 0 Å². The summed E-state index contributed by atoms with van der Waals surface area (Å²) < 4.78 is 39.5. The summed E-state index contributed by atoms with van der Waals surface area (Å²) in [6.45, 7) is 1.48. The Morgan fingerprint density at radius 3 is 2.48 bits per heavy atom. The van der Waals surface area contributed by atoms with Gasteiger partial charge in [-0.15, -0.1) is 0 Å². The molecule has 0 bridgehead atoms. The monoisotopic (exact) mass is 400 g/mol. The number of nitrogens with one attached hydrogen (secondary N) is 2. The quantitative estimate of drug-likeness (QED) is 0.623. The number of carbonyl (C=O) groups is 2. The summed E-state index contributed by atoms with van der Waals surface area (Å²) in [6, 6.07) is 8.76. The molecule has 0 saturated heterocycles. The molecule has 0 fully saturated rings. The molecule has 1 atom stereocenters. The zero-order valence-corrected chi connectivity index (χ0v) is 15.1. The van der Waals surface area contributed by atoms with E-state index in [2.05, 4.69) is 10.6 Å². The first-order valence-corrected chi connectivity index (χ1v) is 8.45. The van der Waals surface area contributed by atoms with Crippen molar-refractivity contribution in [2.75, 3.05) is 18.4 Å². The number of rotatable bonds is 7. The number of hydrogen-bond acceptors (Lipinski definition) is 2. The van der Waals surface area contributed by atoms with Crippen LogP contribution in [0.15, 0.2) is 36.4 Å². The van der Waals surface area contributed by atoms with Crippen molar-refractivity contribution in [2.45, 2.75) is 13.0 Å². The molecule has 0 aliphatic rings. The highest BCUT2D eigenvalue weighted by atomic mass is 35.5. The third kappa shape index (κ3) is 5.70. The largest absolute Gasteiger partial charge is 0.342 e. The Hall–Kier alpha value is -2.58. The fourth-order valence-electron chi connectivity index (χ4n) is 2.32. The lowest BCUT2D eigenvalue weighted by molar-refractivity contribution is -0.682. The van der Waals surface area contributed by atoms with Gasteiger partial charge in [0, 0.05) is 10.6 Å². The molecule has 4 N–H and O–H groups in total. The molecule has 2 amide bonds. The highest BCUT2D eigenvalue weighted by Crippen LogP contribution is 2.20. The van der Waals surface area contributed by atoms with Crippen molar-refractivity contribution in [3.05, 3.63) is 64.4 Å². The molecular formula is C18H18ClF3N3O2+. The van der Waals surface area contributed by atoms with E-state index < -0.39 is 41.5 Å². The SMILES string of the molecule is C[C@H]([NH2+]CC(=O)NCC(=O)Nc1ccc(F)c(F)c1F)c1ccccc1Cl. The summed E-state index contributed by atoms with van der Waals surface area (Å²) >= 11 is 6.09. The predicted octanol–water partition coefficient (Wildman–Crippen LogP) is 2.14. The van der Waals surface area contributed by atoms with Crippen molar-refractivity contribution in [1.82, 2.24) is 5.32 Å². The van der Waals surface area contributed by atoms with Crippen molar-refractivity contribution in [3.8, 4) is 0 Å². The van der Waals surface area contributed by atoms with Gasteiger partial charge >= 0.3 is 0 Å². The third-order valence-corrected chi connectivity index (χ3v) is 4.15. The van der Waals surface area contributed by atoms with Crippen LogP contribution >= 0.6 is 11.6 Å². The first-order chi connectivity index (χ1) is 12.8. The summed E-state index contributed by atoms with van der Waals surface area (Å²) in [5, 5.41) is 6.76. The van der Waals surface area contributed by atoms with Gasteiger partial charge in [0.1, 0.15) is 6.04 Å². The average molecular weight is 401 g/mol. The van der Waals surface area contributed by atoms with Gasteiger partial charge in [0.15, 0.2) is 24.0 Å². The summed E-state index contributed by atoms with van der Waals surface area (Å²) in [6.07, 6.45) is 0. The van der Waals surface area contributed by atoms with Crippen molar-refractivity contribution in [2.24, 2.45) is 0 Å². The number of halogens is 4. The Bertz CT molecular complexity index is 849. The zero-order valence-electron chi connectivity index (χ0n) is 14.4. The molecule has 0 heterocycles. The fraction of sp³-hybridized carbons (Fsp3) is 0.222. The van der Waals surface area contributed by atoms with E-state index in [1.54, 1.807) is 17.4 Å². The van der Waals surface area contributed by atoms with E-state index in [4.69, 9.17) is 11.6 Å². The lowest BCUT2D eigenvalue weighted by Crippen LogP contribution is -2.87. The lowest BCUT2D eigenvalue weighted by Gasteiger charge is -2.12. The van der Waals surface area contributed by atoms with Crippen LogP contribution in [0.5, 0.6) is 0 Å². The molecule has 2 aromatic rings. The molecule has 0 aliphatic carbocycles. The number of quaternary nitrogens is 1. The molecule has 0 saturated carbocycles. The third-order valence-electron chi connectivity index (χ3n) is 3.81. The Kier molecular flexibility index (Phi) is 7.20. The second-order valence-electron chi connectivity index (χ2n) is 5.80. The fourth-order valence-corrected chi connectivity index (χ4v) is 2.63. The molecule has 27 heavy (non-hydrogen) atoms. The van der Waals surface area contributed by atoms with Crippen molar-refractivity contribution >= 4 is 29.1 Å². The van der Waals surface area contributed by atoms with Gasteiger partial charge in [-0.05, 0) is 25.1 Å². The van der Waals surface area contributed by atoms with Gasteiger partial charge in [0.25, 0.3) is 5.91 Å². The van der Waals surface area contributed by atoms with Crippen molar-refractivity contribution in [1.29, 1.82) is 0 Å². The minimum atomic E-state index is -1.68. The van der Waals surface area contributed by atoms with Crippen LogP contribution in [0.3, 0.4) is 0 Å². The number of hydrogen-bond donors (Lipinski definition) is 3. The molecule has 9 heteroatoms. The van der Waals surface area contributed by atoms with Crippen LogP contribution in [0.2, 0.25) is 5.02 Å². The first-order valence-electron chi connectivity index (χ1n) is 8.07. The number of amides is 2. The van der Waals surface area contributed by atoms with Crippen LogP contribution in [0.25, 0.3) is 0 Å². The smallest absolute Gasteiger partial charge is 0.275 e. The Morgan fingerprint density at radius 2 is 1.78 bits per heavy atom. The van der Waals surface area contributed by atoms with Crippen LogP contribution in [0.1, 0.15) is 18.5 Å². The van der Waals surface area contributed by atoms with E-state index in [1.165, 1.54) is 0 Å². The standard InChI is InChI=1S/C18H17ClF3N3O2/c1-10(11-4-2-3-5-12(11)19)23-8-15(26)24-9-16(27)25-14-7-6-13(20)17(21)18(14)22/h2-7,10,23H,8-9H2,1H3,(H,24,26)(H,25,27)/p+1/t10-/m0/s1. The number of benzene rings is 2. The van der Waals surface area contributed by atoms with Gasteiger partial charge < -0.3 is 16.0 Å². The van der Waals surface area contributed by atoms with Crippen LogP contribution in [0, 0.1) is 17.5 Å². The van der Waals surface area contributed by atoms with E-state index in [0.717, 1.165) is 11.6 Å². The molecule has 2 rings (SSSR count). The van der Waals surface area contributed by atoms with Gasteiger partial charge in [-0.1, -0.05) is 29.8 Å². The number of carbonyl (C=O) groups excluding carboxylic acids is 2.